The Morgan fingerprint density at radius 1 is 1.03 bits per heavy atom. The van der Waals surface area contributed by atoms with E-state index in [4.69, 9.17) is 4.74 Å². The van der Waals surface area contributed by atoms with E-state index in [0.29, 0.717) is 16.5 Å². The van der Waals surface area contributed by atoms with Gasteiger partial charge >= 0.3 is 5.97 Å². The molecule has 0 bridgehead atoms. The van der Waals surface area contributed by atoms with Crippen LogP contribution < -0.4 is 5.56 Å². The molecule has 5 rings (SSSR count). The first-order chi connectivity index (χ1) is 15.6. The number of benzene rings is 2. The van der Waals surface area contributed by atoms with Crippen molar-refractivity contribution >= 4 is 22.3 Å². The Balaban J connectivity index is 1.44. The second-order valence-corrected chi connectivity index (χ2v) is 7.87. The first-order valence-electron chi connectivity index (χ1n) is 9.82. The van der Waals surface area contributed by atoms with Crippen molar-refractivity contribution in [2.75, 3.05) is 0 Å². The van der Waals surface area contributed by atoms with E-state index in [1.807, 2.05) is 73.0 Å². The van der Waals surface area contributed by atoms with Crippen LogP contribution in [0.5, 0.6) is 0 Å². The number of hydrogen-bond donors (Lipinski definition) is 0. The number of aryl methyl sites for hydroxylation is 1. The summed E-state index contributed by atoms with van der Waals surface area (Å²) in [6.45, 7) is 1.69. The normalized spacial score (nSPS) is 11.0. The zero-order valence-corrected chi connectivity index (χ0v) is 17.8. The number of carbonyl (C=O) groups is 1. The Labute approximate surface area is 186 Å². The van der Waals surface area contributed by atoms with Gasteiger partial charge in [-0.25, -0.2) is 19.4 Å². The third-order valence-corrected chi connectivity index (χ3v) is 5.75. The highest BCUT2D eigenvalue weighted by Gasteiger charge is 2.20. The van der Waals surface area contributed by atoms with Gasteiger partial charge in [0.05, 0.1) is 11.4 Å². The summed E-state index contributed by atoms with van der Waals surface area (Å²) < 4.78 is 8.51. The Morgan fingerprint density at radius 3 is 2.50 bits per heavy atom. The van der Waals surface area contributed by atoms with Crippen molar-refractivity contribution in [3.8, 4) is 17.1 Å². The second kappa shape index (κ2) is 8.20. The minimum atomic E-state index is -0.693. The Hall–Kier alpha value is -4.11. The molecule has 3 heterocycles. The summed E-state index contributed by atoms with van der Waals surface area (Å²) in [5.74, 6) is -0.241. The molecular formula is C23H17N5O3S. The number of para-hydroxylation sites is 1. The maximum absolute atomic E-state index is 12.7. The van der Waals surface area contributed by atoms with Gasteiger partial charge in [-0.05, 0) is 19.1 Å². The SMILES string of the molecule is Cc1csc2nc(COC(=O)c3nc(-c4ccccc4)n(-c4ccccc4)n3)cc(=O)n12. The molecule has 8 nitrogen and oxygen atoms in total. The fourth-order valence-electron chi connectivity index (χ4n) is 3.30. The van der Waals surface area contributed by atoms with Crippen molar-refractivity contribution in [2.24, 2.45) is 0 Å². The number of carbonyl (C=O) groups excluding carboxylic acids is 1. The molecule has 0 aliphatic carbocycles. The Morgan fingerprint density at radius 2 is 1.75 bits per heavy atom. The van der Waals surface area contributed by atoms with Crippen LogP contribution in [0.25, 0.3) is 22.0 Å². The molecule has 0 radical (unpaired) electrons. The number of thiazole rings is 1. The van der Waals surface area contributed by atoms with Gasteiger partial charge in [0.2, 0.25) is 0 Å². The smallest absolute Gasteiger partial charge is 0.378 e. The van der Waals surface area contributed by atoms with Gasteiger partial charge < -0.3 is 4.74 Å². The number of aromatic nitrogens is 5. The predicted octanol–water partition coefficient (Wildman–Crippen LogP) is 3.67. The van der Waals surface area contributed by atoms with Gasteiger partial charge in [-0.15, -0.1) is 16.4 Å². The van der Waals surface area contributed by atoms with Crippen molar-refractivity contribution in [1.29, 1.82) is 0 Å². The zero-order chi connectivity index (χ0) is 22.1. The minimum absolute atomic E-state index is 0.0718. The molecule has 0 aliphatic rings. The van der Waals surface area contributed by atoms with Crippen LogP contribution in [0, 0.1) is 6.92 Å². The summed E-state index contributed by atoms with van der Waals surface area (Å²) in [6.07, 6.45) is 0. The third-order valence-electron chi connectivity index (χ3n) is 4.80. The molecule has 0 aliphatic heterocycles. The molecule has 0 amide bonds. The summed E-state index contributed by atoms with van der Waals surface area (Å²) in [7, 11) is 0. The highest BCUT2D eigenvalue weighted by Crippen LogP contribution is 2.21. The van der Waals surface area contributed by atoms with Gasteiger partial charge in [-0.2, -0.15) is 0 Å². The van der Waals surface area contributed by atoms with Crippen LogP contribution in [0.3, 0.4) is 0 Å². The van der Waals surface area contributed by atoms with Crippen LogP contribution >= 0.6 is 11.3 Å². The fraction of sp³-hybridized carbons (Fsp3) is 0.0870. The number of esters is 1. The molecule has 9 heteroatoms. The van der Waals surface area contributed by atoms with Crippen LogP contribution in [0.15, 0.2) is 76.9 Å². The summed E-state index contributed by atoms with van der Waals surface area (Å²) in [5.41, 5.74) is 2.56. The molecule has 0 saturated heterocycles. The molecule has 0 spiro atoms. The summed E-state index contributed by atoms with van der Waals surface area (Å²) in [5, 5.41) is 6.24. The number of fused-ring (bicyclic) bond motifs is 1. The first kappa shape index (κ1) is 19.8. The minimum Gasteiger partial charge on any atom is -0.453 e. The molecule has 32 heavy (non-hydrogen) atoms. The Bertz CT molecular complexity index is 1420. The lowest BCUT2D eigenvalue weighted by Gasteiger charge is -2.05. The van der Waals surface area contributed by atoms with E-state index in [1.165, 1.54) is 21.8 Å². The molecule has 0 atom stereocenters. The third kappa shape index (κ3) is 3.69. The monoisotopic (exact) mass is 443 g/mol. The fourth-order valence-corrected chi connectivity index (χ4v) is 4.19. The van der Waals surface area contributed by atoms with Gasteiger partial charge in [-0.1, -0.05) is 48.5 Å². The van der Waals surface area contributed by atoms with Gasteiger partial charge in [-0.3, -0.25) is 9.20 Å². The van der Waals surface area contributed by atoms with E-state index in [1.54, 1.807) is 4.68 Å². The maximum atomic E-state index is 12.7. The van der Waals surface area contributed by atoms with Gasteiger partial charge in [0.1, 0.15) is 6.61 Å². The number of rotatable bonds is 5. The lowest BCUT2D eigenvalue weighted by molar-refractivity contribution is 0.0453. The van der Waals surface area contributed by atoms with Crippen LogP contribution in [-0.2, 0) is 11.3 Å². The molecule has 158 valence electrons. The van der Waals surface area contributed by atoms with E-state index in [9.17, 15) is 9.59 Å². The Kier molecular flexibility index (Phi) is 5.08. The van der Waals surface area contributed by atoms with Crippen LogP contribution in [0.4, 0.5) is 0 Å². The standard InChI is InChI=1S/C23H17N5O3S/c1-15-14-32-23-24-17(12-19(29)27(15)23)13-31-22(30)20-25-21(16-8-4-2-5-9-16)28(26-20)18-10-6-3-7-11-18/h2-12,14H,13H2,1H3. The van der Waals surface area contributed by atoms with E-state index >= 15 is 0 Å². The lowest BCUT2D eigenvalue weighted by Crippen LogP contribution is -2.16. The topological polar surface area (TPSA) is 91.4 Å². The predicted molar refractivity (Wildman–Crippen MR) is 120 cm³/mol. The van der Waals surface area contributed by atoms with Crippen LogP contribution in [0.2, 0.25) is 0 Å². The molecular weight excluding hydrogens is 426 g/mol. The summed E-state index contributed by atoms with van der Waals surface area (Å²) >= 11 is 1.36. The van der Waals surface area contributed by atoms with Crippen LogP contribution in [0.1, 0.15) is 22.0 Å². The summed E-state index contributed by atoms with van der Waals surface area (Å²) in [4.78, 5) is 34.4. The van der Waals surface area contributed by atoms with Gasteiger partial charge in [0.15, 0.2) is 10.8 Å². The van der Waals surface area contributed by atoms with Crippen molar-refractivity contribution in [1.82, 2.24) is 24.1 Å². The molecule has 5 aromatic rings. The number of nitrogens with zero attached hydrogens (tertiary/aromatic N) is 5. The highest BCUT2D eigenvalue weighted by atomic mass is 32.1. The van der Waals surface area contributed by atoms with Gasteiger partial charge in [0, 0.05) is 22.7 Å². The lowest BCUT2D eigenvalue weighted by atomic mass is 10.2. The van der Waals surface area contributed by atoms with Gasteiger partial charge in [0.25, 0.3) is 11.4 Å². The van der Waals surface area contributed by atoms with Crippen LogP contribution in [-0.4, -0.2) is 30.1 Å². The molecule has 0 fully saturated rings. The maximum Gasteiger partial charge on any atom is 0.378 e. The zero-order valence-electron chi connectivity index (χ0n) is 17.0. The largest absolute Gasteiger partial charge is 0.453 e. The van der Waals surface area contributed by atoms with Crippen molar-refractivity contribution < 1.29 is 9.53 Å². The molecule has 2 aromatic carbocycles. The molecule has 0 unspecified atom stereocenters. The molecule has 0 saturated carbocycles. The van der Waals surface area contributed by atoms with Crippen molar-refractivity contribution in [2.45, 2.75) is 13.5 Å². The molecule has 3 aromatic heterocycles. The number of hydrogen-bond acceptors (Lipinski definition) is 7. The van der Waals surface area contributed by atoms with E-state index in [0.717, 1.165) is 16.9 Å². The number of ether oxygens (including phenoxy) is 1. The van der Waals surface area contributed by atoms with Crippen molar-refractivity contribution in [3.63, 3.8) is 0 Å². The average Bonchev–Trinajstić information content (AvgIpc) is 3.43. The van der Waals surface area contributed by atoms with Crippen molar-refractivity contribution in [3.05, 3.63) is 99.7 Å². The second-order valence-electron chi connectivity index (χ2n) is 7.03. The highest BCUT2D eigenvalue weighted by molar-refractivity contribution is 7.15. The molecule has 0 N–H and O–H groups in total. The summed E-state index contributed by atoms with van der Waals surface area (Å²) in [6, 6.07) is 20.3. The first-order valence-corrected chi connectivity index (χ1v) is 10.7. The average molecular weight is 443 g/mol. The van der Waals surface area contributed by atoms with E-state index in [-0.39, 0.29) is 18.0 Å². The quantitative estimate of drug-likeness (QED) is 0.385. The van der Waals surface area contributed by atoms with E-state index < -0.39 is 5.97 Å². The van der Waals surface area contributed by atoms with E-state index in [2.05, 4.69) is 15.1 Å².